The highest BCUT2D eigenvalue weighted by atomic mass is 19.1. The average molecular weight is 359 g/mol. The number of aromatic nitrogens is 2. The molecule has 1 aliphatic rings. The second-order valence-corrected chi connectivity index (χ2v) is 6.95. The normalized spacial score (nSPS) is 16.2. The number of amides is 1. The fraction of sp³-hybridized carbons (Fsp3) is 0.421. The van der Waals surface area contributed by atoms with Crippen LogP contribution in [-0.4, -0.2) is 27.2 Å². The van der Waals surface area contributed by atoms with E-state index in [1.807, 2.05) is 0 Å². The lowest BCUT2D eigenvalue weighted by molar-refractivity contribution is -0.138. The molecular weight excluding hydrogens is 337 g/mol. The molecule has 1 heterocycles. The predicted molar refractivity (Wildman–Crippen MR) is 93.3 cm³/mol. The Labute approximate surface area is 150 Å². The molecule has 1 amide bonds. The van der Waals surface area contributed by atoms with Crippen molar-refractivity contribution in [1.82, 2.24) is 15.5 Å². The topological polar surface area (TPSA) is 95.1 Å². The Hall–Kier alpha value is -2.70. The number of hydrogen-bond donors (Lipinski definition) is 3. The summed E-state index contributed by atoms with van der Waals surface area (Å²) < 4.78 is 13.2. The van der Waals surface area contributed by atoms with E-state index >= 15 is 0 Å². The van der Waals surface area contributed by atoms with Crippen LogP contribution in [0.1, 0.15) is 59.9 Å². The summed E-state index contributed by atoms with van der Waals surface area (Å²) in [5.41, 5.74) is 1.57. The minimum atomic E-state index is -1.17. The molecule has 1 aliphatic carbocycles. The molecule has 0 bridgehead atoms. The quantitative estimate of drug-likeness (QED) is 0.715. The Kier molecular flexibility index (Phi) is 5.06. The van der Waals surface area contributed by atoms with Crippen molar-refractivity contribution in [1.29, 1.82) is 0 Å². The second kappa shape index (κ2) is 7.27. The molecule has 6 nitrogen and oxygen atoms in total. The number of carbonyl (C=O) groups is 2. The Morgan fingerprint density at radius 1 is 1.23 bits per heavy atom. The summed E-state index contributed by atoms with van der Waals surface area (Å²) in [6.45, 7) is 1.62. The number of aryl methyl sites for hydroxylation is 1. The van der Waals surface area contributed by atoms with Crippen molar-refractivity contribution in [2.45, 2.75) is 51.0 Å². The molecule has 0 radical (unpaired) electrons. The van der Waals surface area contributed by atoms with Gasteiger partial charge in [-0.25, -0.2) is 4.39 Å². The largest absolute Gasteiger partial charge is 0.481 e. The third-order valence-electron chi connectivity index (χ3n) is 4.90. The molecule has 2 aromatic rings. The van der Waals surface area contributed by atoms with Crippen molar-refractivity contribution in [3.8, 4) is 0 Å². The molecule has 0 saturated heterocycles. The van der Waals surface area contributed by atoms with Crippen molar-refractivity contribution >= 4 is 11.9 Å². The molecule has 0 fully saturated rings. The number of carbonyl (C=O) groups excluding carboxylic acids is 1. The molecule has 7 heteroatoms. The molecule has 0 saturated carbocycles. The van der Waals surface area contributed by atoms with Gasteiger partial charge < -0.3 is 10.4 Å². The van der Waals surface area contributed by atoms with Crippen LogP contribution in [0.2, 0.25) is 0 Å². The smallest absolute Gasteiger partial charge is 0.306 e. The summed E-state index contributed by atoms with van der Waals surface area (Å²) in [5, 5.41) is 19.2. The van der Waals surface area contributed by atoms with Crippen LogP contribution in [0.3, 0.4) is 0 Å². The van der Waals surface area contributed by atoms with E-state index in [2.05, 4.69) is 15.5 Å². The fourth-order valence-corrected chi connectivity index (χ4v) is 3.49. The van der Waals surface area contributed by atoms with E-state index in [4.69, 9.17) is 0 Å². The van der Waals surface area contributed by atoms with Gasteiger partial charge in [-0.3, -0.25) is 14.7 Å². The van der Waals surface area contributed by atoms with Gasteiger partial charge >= 0.3 is 5.97 Å². The number of fused-ring (bicyclic) bond motifs is 1. The first-order valence-electron chi connectivity index (χ1n) is 8.75. The van der Waals surface area contributed by atoms with Gasteiger partial charge in [0, 0.05) is 11.3 Å². The first-order valence-corrected chi connectivity index (χ1v) is 8.75. The molecular formula is C19H22FN3O3. The lowest BCUT2D eigenvalue weighted by Gasteiger charge is -2.30. The number of aromatic amines is 1. The highest BCUT2D eigenvalue weighted by molar-refractivity contribution is 5.95. The summed E-state index contributed by atoms with van der Waals surface area (Å²) >= 11 is 0. The Balaban J connectivity index is 1.89. The number of nitrogens with zero attached hydrogens (tertiary/aromatic N) is 1. The van der Waals surface area contributed by atoms with Crippen molar-refractivity contribution in [2.24, 2.45) is 0 Å². The van der Waals surface area contributed by atoms with Crippen LogP contribution in [-0.2, 0) is 23.2 Å². The predicted octanol–water partition coefficient (Wildman–Crippen LogP) is 2.94. The maximum absolute atomic E-state index is 13.2. The molecule has 0 aliphatic heterocycles. The minimum absolute atomic E-state index is 0.320. The molecule has 1 unspecified atom stereocenters. The van der Waals surface area contributed by atoms with Gasteiger partial charge in [-0.2, -0.15) is 5.10 Å². The lowest BCUT2D eigenvalue weighted by atomic mass is 9.88. The molecule has 3 rings (SSSR count). The summed E-state index contributed by atoms with van der Waals surface area (Å²) in [7, 11) is 0. The molecule has 1 aromatic heterocycles. The number of H-pyrrole nitrogens is 1. The number of nitrogens with one attached hydrogen (secondary N) is 2. The standard InChI is InChI=1S/C19H22FN3O3/c1-19(11-16(24)25,12-7-9-13(20)10-8-12)21-18(26)17-14-5-3-2-4-6-15(14)22-23-17/h7-10H,2-6,11H2,1H3,(H,21,26)(H,22,23)(H,24,25). The Morgan fingerprint density at radius 3 is 2.62 bits per heavy atom. The van der Waals surface area contributed by atoms with Gasteiger partial charge in [-0.15, -0.1) is 0 Å². The van der Waals surface area contributed by atoms with Crippen LogP contribution in [0.5, 0.6) is 0 Å². The summed E-state index contributed by atoms with van der Waals surface area (Å²) in [4.78, 5) is 24.2. The first-order chi connectivity index (χ1) is 12.4. The van der Waals surface area contributed by atoms with E-state index in [1.54, 1.807) is 6.92 Å². The third-order valence-corrected chi connectivity index (χ3v) is 4.90. The SMILES string of the molecule is CC(CC(=O)O)(NC(=O)c1n[nH]c2c1CCCCC2)c1ccc(F)cc1. The van der Waals surface area contributed by atoms with Crippen LogP contribution in [0.4, 0.5) is 4.39 Å². The van der Waals surface area contributed by atoms with Gasteiger partial charge in [-0.1, -0.05) is 18.6 Å². The maximum atomic E-state index is 13.2. The zero-order chi connectivity index (χ0) is 18.7. The first kappa shape index (κ1) is 18.1. The maximum Gasteiger partial charge on any atom is 0.306 e. The zero-order valence-electron chi connectivity index (χ0n) is 14.6. The monoisotopic (exact) mass is 359 g/mol. The van der Waals surface area contributed by atoms with Crippen LogP contribution < -0.4 is 5.32 Å². The zero-order valence-corrected chi connectivity index (χ0v) is 14.6. The Morgan fingerprint density at radius 2 is 1.92 bits per heavy atom. The van der Waals surface area contributed by atoms with Gasteiger partial charge in [0.2, 0.25) is 0 Å². The highest BCUT2D eigenvalue weighted by Gasteiger charge is 2.33. The number of rotatable bonds is 5. The average Bonchev–Trinajstić information content (AvgIpc) is 2.83. The summed E-state index contributed by atoms with van der Waals surface area (Å²) in [5.74, 6) is -1.90. The molecule has 0 spiro atoms. The van der Waals surface area contributed by atoms with Gasteiger partial charge in [0.15, 0.2) is 5.69 Å². The van der Waals surface area contributed by atoms with Gasteiger partial charge in [-0.05, 0) is 50.3 Å². The van der Waals surface area contributed by atoms with Crippen molar-refractivity contribution in [2.75, 3.05) is 0 Å². The Bertz CT molecular complexity index is 816. The van der Waals surface area contributed by atoms with Gasteiger partial charge in [0.25, 0.3) is 5.91 Å². The molecule has 26 heavy (non-hydrogen) atoms. The lowest BCUT2D eigenvalue weighted by Crippen LogP contribution is -2.45. The van der Waals surface area contributed by atoms with Crippen molar-refractivity contribution in [3.05, 3.63) is 52.6 Å². The van der Waals surface area contributed by atoms with Crippen LogP contribution in [0.25, 0.3) is 0 Å². The molecule has 1 aromatic carbocycles. The summed E-state index contributed by atoms with van der Waals surface area (Å²) in [6.07, 6.45) is 4.48. The van der Waals surface area contributed by atoms with Crippen molar-refractivity contribution in [3.63, 3.8) is 0 Å². The molecule has 3 N–H and O–H groups in total. The van der Waals surface area contributed by atoms with Gasteiger partial charge in [0.05, 0.1) is 12.0 Å². The fourth-order valence-electron chi connectivity index (χ4n) is 3.49. The number of benzene rings is 1. The van der Waals surface area contributed by atoms with Crippen LogP contribution in [0.15, 0.2) is 24.3 Å². The number of aliphatic carboxylic acids is 1. The van der Waals surface area contributed by atoms with E-state index in [1.165, 1.54) is 24.3 Å². The molecule has 1 atom stereocenters. The number of halogens is 1. The van der Waals surface area contributed by atoms with E-state index in [0.717, 1.165) is 43.4 Å². The highest BCUT2D eigenvalue weighted by Crippen LogP contribution is 2.27. The third kappa shape index (κ3) is 3.76. The molecule has 138 valence electrons. The summed E-state index contributed by atoms with van der Waals surface area (Å²) in [6, 6.07) is 5.48. The van der Waals surface area contributed by atoms with E-state index < -0.39 is 23.2 Å². The van der Waals surface area contributed by atoms with E-state index in [9.17, 15) is 19.1 Å². The number of carboxylic acids is 1. The minimum Gasteiger partial charge on any atom is -0.481 e. The van der Waals surface area contributed by atoms with E-state index in [-0.39, 0.29) is 6.42 Å². The number of carboxylic acid groups (broad SMARTS) is 1. The van der Waals surface area contributed by atoms with Crippen molar-refractivity contribution < 1.29 is 19.1 Å². The van der Waals surface area contributed by atoms with Crippen LogP contribution >= 0.6 is 0 Å². The second-order valence-electron chi connectivity index (χ2n) is 6.95. The van der Waals surface area contributed by atoms with Crippen LogP contribution in [0, 0.1) is 5.82 Å². The number of hydrogen-bond acceptors (Lipinski definition) is 3. The van der Waals surface area contributed by atoms with E-state index in [0.29, 0.717) is 11.3 Å². The van der Waals surface area contributed by atoms with Gasteiger partial charge in [0.1, 0.15) is 5.82 Å².